The molecule has 6 heterocycles. The van der Waals surface area contributed by atoms with Crippen molar-refractivity contribution in [3.8, 4) is 23.2 Å². The van der Waals surface area contributed by atoms with E-state index in [1.54, 1.807) is 47.4 Å². The van der Waals surface area contributed by atoms with E-state index in [0.29, 0.717) is 47.7 Å². The van der Waals surface area contributed by atoms with Crippen molar-refractivity contribution in [3.63, 3.8) is 0 Å². The van der Waals surface area contributed by atoms with Crippen LogP contribution in [0.4, 0.5) is 17.8 Å². The Balaban J connectivity index is 0.000000176. The van der Waals surface area contributed by atoms with Crippen LogP contribution in [-0.2, 0) is 22.7 Å². The summed E-state index contributed by atoms with van der Waals surface area (Å²) in [4.78, 5) is 52.3. The third-order valence-corrected chi connectivity index (χ3v) is 10.8. The smallest absolute Gasteiger partial charge is 0.259 e. The first-order valence-corrected chi connectivity index (χ1v) is 22.6. The fraction of sp³-hybridized carbons (Fsp3) is 0.302. The molecule has 22 nitrogen and oxygen atoms in total. The van der Waals surface area contributed by atoms with E-state index < -0.39 is 15.0 Å². The highest BCUT2D eigenvalue weighted by Gasteiger charge is 2.19. The number of rotatable bonds is 13. The summed E-state index contributed by atoms with van der Waals surface area (Å²) in [6, 6.07) is 22.5. The summed E-state index contributed by atoms with van der Waals surface area (Å²) < 4.78 is 35.8. The molecule has 0 spiro atoms. The molecule has 2 aromatic carbocycles. The van der Waals surface area contributed by atoms with E-state index in [1.807, 2.05) is 83.3 Å². The Morgan fingerprint density at radius 1 is 0.667 bits per heavy atom. The molecule has 0 saturated carbocycles. The third-order valence-electron chi connectivity index (χ3n) is 9.98. The monoisotopic (exact) mass is 920 g/mol. The van der Waals surface area contributed by atoms with Gasteiger partial charge in [-0.3, -0.25) is 9.59 Å². The van der Waals surface area contributed by atoms with Crippen molar-refractivity contribution in [2.75, 3.05) is 50.2 Å². The Morgan fingerprint density at radius 2 is 1.12 bits per heavy atom. The number of sulfone groups is 1. The number of amides is 2. The summed E-state index contributed by atoms with van der Waals surface area (Å²) in [5.41, 5.74) is 20.8. The molecule has 0 atom stereocenters. The molecule has 0 unspecified atom stereocenters. The fourth-order valence-corrected chi connectivity index (χ4v) is 6.35. The normalized spacial score (nSPS) is 11.3. The van der Waals surface area contributed by atoms with Gasteiger partial charge in [-0.05, 0) is 107 Å². The summed E-state index contributed by atoms with van der Waals surface area (Å²) in [5.74, 6) is 2.47. The van der Waals surface area contributed by atoms with Gasteiger partial charge in [-0.1, -0.05) is 24.3 Å². The predicted octanol–water partition coefficient (Wildman–Crippen LogP) is 3.93. The maximum absolute atomic E-state index is 12.4. The molecule has 7 N–H and O–H groups in total. The van der Waals surface area contributed by atoms with E-state index in [9.17, 15) is 18.0 Å². The van der Waals surface area contributed by atoms with Gasteiger partial charge >= 0.3 is 0 Å². The molecule has 0 saturated heterocycles. The van der Waals surface area contributed by atoms with Crippen molar-refractivity contribution in [2.24, 2.45) is 5.73 Å². The lowest BCUT2D eigenvalue weighted by atomic mass is 10.1. The van der Waals surface area contributed by atoms with Crippen LogP contribution in [0, 0.1) is 0 Å². The predicted molar refractivity (Wildman–Crippen MR) is 247 cm³/mol. The lowest BCUT2D eigenvalue weighted by molar-refractivity contribution is 0.0747. The second-order valence-corrected chi connectivity index (χ2v) is 17.3. The molecule has 0 aliphatic heterocycles. The molecule has 8 rings (SSSR count). The minimum absolute atomic E-state index is 0.0130. The van der Waals surface area contributed by atoms with Gasteiger partial charge < -0.3 is 41.2 Å². The zero-order valence-electron chi connectivity index (χ0n) is 37.5. The number of carbonyl (C=O) groups excluding carboxylic acids is 2. The van der Waals surface area contributed by atoms with E-state index in [4.69, 9.17) is 26.0 Å². The van der Waals surface area contributed by atoms with Crippen molar-refractivity contribution in [1.82, 2.24) is 58.9 Å². The van der Waals surface area contributed by atoms with Crippen LogP contribution in [0.5, 0.6) is 0 Å². The highest BCUT2D eigenvalue weighted by atomic mass is 32.2. The van der Waals surface area contributed by atoms with Crippen LogP contribution < -0.4 is 22.5 Å². The second-order valence-electron chi connectivity index (χ2n) is 15.4. The highest BCUT2D eigenvalue weighted by Crippen LogP contribution is 2.19. The Hall–Kier alpha value is -7.79. The molecule has 8 aromatic rings. The number of furan rings is 2. The average molecular weight is 921 g/mol. The standard InChI is InChI=1S/C21H24N8O2.C13H20N2O.C9H8N6O3S/c1-13(2)28(3)18(30)15-8-6-14(7-9-15)10-11-23-20-25-19(22)29-21(26-20)24-17(27-29)16-5-4-12-31-16;1-10(2)15(3)13(16)12-6-4-11(5-7-12)8-9-14;1-19(16,17)9-12-7(10)15-8(13-9)11-6(14-15)5-3-2-4-18-5/h4-9,12-13H,10-11H2,1-3H3,(H3,22,23,24,25,26,27);4-7,10H,8-9,14H2,1-3H3;2-4H,1H3,(H2,10,11,12,13,14). The van der Waals surface area contributed by atoms with Crippen LogP contribution in [0.25, 0.3) is 34.7 Å². The number of hydrogen-bond acceptors (Lipinski definition) is 18. The number of nitrogens with two attached hydrogens (primary N) is 3. The summed E-state index contributed by atoms with van der Waals surface area (Å²) in [7, 11) is 0.0580. The number of nitrogens with zero attached hydrogens (tertiary/aromatic N) is 12. The minimum atomic E-state index is -3.57. The van der Waals surface area contributed by atoms with Crippen LogP contribution in [0.1, 0.15) is 59.5 Å². The molecule has 2 amide bonds. The SMILES string of the molecule is CC(C)N(C)C(=O)c1ccc(CCN)cc1.CC(C)N(C)C(=O)c1ccc(CCNc2nc(N)n3nc(-c4ccco4)nc3n2)cc1.CS(=O)(=O)c1nc(N)n2nc(-c3ccco3)nc2n1. The molecule has 23 heteroatoms. The summed E-state index contributed by atoms with van der Waals surface area (Å²) in [6.45, 7) is 9.21. The van der Waals surface area contributed by atoms with Crippen LogP contribution in [0.3, 0.4) is 0 Å². The van der Waals surface area contributed by atoms with Gasteiger partial charge in [-0.15, -0.1) is 10.2 Å². The van der Waals surface area contributed by atoms with E-state index in [1.165, 1.54) is 16.3 Å². The minimum Gasteiger partial charge on any atom is -0.461 e. The number of fused-ring (bicyclic) bond motifs is 2. The van der Waals surface area contributed by atoms with E-state index in [2.05, 4.69) is 45.4 Å². The molecule has 6 aromatic heterocycles. The number of nitrogens with one attached hydrogen (secondary N) is 1. The second kappa shape index (κ2) is 20.8. The molecular weight excluding hydrogens is 869 g/mol. The fourth-order valence-electron chi connectivity index (χ4n) is 5.85. The molecule has 0 aliphatic carbocycles. The summed E-state index contributed by atoms with van der Waals surface area (Å²) in [5, 5.41) is 11.1. The largest absolute Gasteiger partial charge is 0.461 e. The lowest BCUT2D eigenvalue weighted by Crippen LogP contribution is -2.32. The van der Waals surface area contributed by atoms with Crippen molar-refractivity contribution >= 4 is 51.1 Å². The average Bonchev–Trinajstić information content (AvgIpc) is 4.14. The molecule has 0 aliphatic rings. The summed E-state index contributed by atoms with van der Waals surface area (Å²) in [6.07, 6.45) is 5.59. The van der Waals surface area contributed by atoms with Crippen molar-refractivity contribution in [3.05, 3.63) is 108 Å². The number of anilines is 3. The number of nitrogen functional groups attached to an aromatic ring is 2. The molecule has 0 bridgehead atoms. The van der Waals surface area contributed by atoms with Gasteiger partial charge in [0.05, 0.1) is 12.5 Å². The zero-order valence-corrected chi connectivity index (χ0v) is 38.3. The quantitative estimate of drug-likeness (QED) is 0.127. The first-order valence-electron chi connectivity index (χ1n) is 20.7. The van der Waals surface area contributed by atoms with Gasteiger partial charge in [-0.25, -0.2) is 8.42 Å². The first kappa shape index (κ1) is 47.7. The van der Waals surface area contributed by atoms with E-state index >= 15 is 0 Å². The maximum Gasteiger partial charge on any atom is 0.259 e. The van der Waals surface area contributed by atoms with Crippen LogP contribution in [0.15, 0.2) is 99.3 Å². The van der Waals surface area contributed by atoms with Gasteiger partial charge in [0.25, 0.3) is 28.5 Å². The maximum atomic E-state index is 12.4. The van der Waals surface area contributed by atoms with Gasteiger partial charge in [0, 0.05) is 50.1 Å². The molecule has 346 valence electrons. The van der Waals surface area contributed by atoms with Gasteiger partial charge in [-0.2, -0.15) is 38.9 Å². The molecule has 0 fully saturated rings. The Morgan fingerprint density at radius 3 is 1.55 bits per heavy atom. The van der Waals surface area contributed by atoms with Gasteiger partial charge in [0.2, 0.25) is 39.3 Å². The van der Waals surface area contributed by atoms with Crippen molar-refractivity contribution in [2.45, 2.75) is 57.8 Å². The third kappa shape index (κ3) is 11.7. The van der Waals surface area contributed by atoms with Crippen LogP contribution in [-0.4, -0.2) is 125 Å². The van der Waals surface area contributed by atoms with Gasteiger partial charge in [0.15, 0.2) is 11.5 Å². The number of hydrogen-bond donors (Lipinski definition) is 4. The number of benzene rings is 2. The first-order chi connectivity index (χ1) is 31.4. The highest BCUT2D eigenvalue weighted by molar-refractivity contribution is 7.90. The van der Waals surface area contributed by atoms with Crippen LogP contribution >= 0.6 is 0 Å². The number of carbonyl (C=O) groups is 2. The van der Waals surface area contributed by atoms with Crippen molar-refractivity contribution in [1.29, 1.82) is 0 Å². The van der Waals surface area contributed by atoms with Crippen LogP contribution in [0.2, 0.25) is 0 Å². The van der Waals surface area contributed by atoms with Gasteiger partial charge in [0.1, 0.15) is 0 Å². The molecule has 0 radical (unpaired) electrons. The van der Waals surface area contributed by atoms with E-state index in [0.717, 1.165) is 34.7 Å². The van der Waals surface area contributed by atoms with E-state index in [-0.39, 0.29) is 47.4 Å². The summed E-state index contributed by atoms with van der Waals surface area (Å²) >= 11 is 0. The molecule has 66 heavy (non-hydrogen) atoms. The number of aromatic nitrogens is 10. The Bertz CT molecular complexity index is 2990. The Labute approximate surface area is 380 Å². The lowest BCUT2D eigenvalue weighted by Gasteiger charge is -2.21. The van der Waals surface area contributed by atoms with Crippen molar-refractivity contribution < 1.29 is 26.8 Å². The zero-order chi connectivity index (χ0) is 47.7. The molecular formula is C43H52N16O6S. The topological polar surface area (TPSA) is 303 Å². The Kier molecular flexibility index (Phi) is 15.0.